The van der Waals surface area contributed by atoms with Gasteiger partial charge in [0.1, 0.15) is 11.4 Å². The molecule has 2 aromatic rings. The molecule has 0 aliphatic heterocycles. The third kappa shape index (κ3) is 2.62. The average Bonchev–Trinajstić information content (AvgIpc) is 2.70. The van der Waals surface area contributed by atoms with Crippen molar-refractivity contribution in [2.45, 2.75) is 20.8 Å². The normalized spacial score (nSPS) is 10.5. The van der Waals surface area contributed by atoms with Crippen molar-refractivity contribution in [3.05, 3.63) is 50.8 Å². The molecule has 21 heavy (non-hydrogen) atoms. The number of hydrogen-bond acceptors (Lipinski definition) is 5. The fraction of sp³-hybridized carbons (Fsp3) is 0.286. The van der Waals surface area contributed by atoms with Crippen LogP contribution in [0.4, 0.5) is 5.69 Å². The minimum absolute atomic E-state index is 0.168. The van der Waals surface area contributed by atoms with Gasteiger partial charge in [-0.1, -0.05) is 12.1 Å². The molecule has 0 aliphatic carbocycles. The molecule has 0 radical (unpaired) electrons. The van der Waals surface area contributed by atoms with Gasteiger partial charge >= 0.3 is 11.7 Å². The molecule has 1 heterocycles. The van der Waals surface area contributed by atoms with Crippen molar-refractivity contribution >= 4 is 11.7 Å². The van der Waals surface area contributed by atoms with E-state index in [0.29, 0.717) is 5.75 Å². The second kappa shape index (κ2) is 5.35. The van der Waals surface area contributed by atoms with Gasteiger partial charge < -0.3 is 4.74 Å². The lowest BCUT2D eigenvalue weighted by molar-refractivity contribution is -0.385. The minimum Gasteiger partial charge on any atom is -0.421 e. The van der Waals surface area contributed by atoms with Crippen LogP contribution in [0.1, 0.15) is 27.3 Å². The number of benzene rings is 1. The molecule has 0 spiro atoms. The van der Waals surface area contributed by atoms with E-state index in [0.717, 1.165) is 11.1 Å². The molecule has 110 valence electrons. The highest BCUT2D eigenvalue weighted by Gasteiger charge is 2.31. The fourth-order valence-corrected chi connectivity index (χ4v) is 2.08. The lowest BCUT2D eigenvalue weighted by Crippen LogP contribution is -2.15. The van der Waals surface area contributed by atoms with Crippen LogP contribution < -0.4 is 4.74 Å². The molecule has 0 saturated heterocycles. The second-order valence-electron chi connectivity index (χ2n) is 4.75. The summed E-state index contributed by atoms with van der Waals surface area (Å²) in [6.07, 6.45) is 0. The Hall–Kier alpha value is -2.70. The summed E-state index contributed by atoms with van der Waals surface area (Å²) >= 11 is 0. The first kappa shape index (κ1) is 14.7. The number of nitro groups is 1. The molecule has 7 nitrogen and oxygen atoms in total. The number of carbonyl (C=O) groups is 1. The van der Waals surface area contributed by atoms with E-state index in [1.807, 2.05) is 19.9 Å². The van der Waals surface area contributed by atoms with Gasteiger partial charge in [0.2, 0.25) is 5.69 Å². The maximum Gasteiger partial charge on any atom is 0.369 e. The number of hydrogen-bond donors (Lipinski definition) is 0. The van der Waals surface area contributed by atoms with Crippen molar-refractivity contribution in [1.29, 1.82) is 0 Å². The second-order valence-corrected chi connectivity index (χ2v) is 4.75. The van der Waals surface area contributed by atoms with Crippen LogP contribution in [0.3, 0.4) is 0 Å². The first-order chi connectivity index (χ1) is 9.82. The SMILES string of the molecule is Cc1cccc(OC(=O)c2c([N+](=O)[O-])c(C)nn2C)c1C. The summed E-state index contributed by atoms with van der Waals surface area (Å²) in [4.78, 5) is 22.7. The van der Waals surface area contributed by atoms with E-state index >= 15 is 0 Å². The Bertz CT molecular complexity index is 734. The topological polar surface area (TPSA) is 87.3 Å². The fourth-order valence-electron chi connectivity index (χ4n) is 2.08. The van der Waals surface area contributed by atoms with Gasteiger partial charge in [0.25, 0.3) is 0 Å². The van der Waals surface area contributed by atoms with Crippen LogP contribution in [0.2, 0.25) is 0 Å². The van der Waals surface area contributed by atoms with Gasteiger partial charge in [0.15, 0.2) is 0 Å². The largest absolute Gasteiger partial charge is 0.421 e. The van der Waals surface area contributed by atoms with Gasteiger partial charge in [-0.25, -0.2) is 4.79 Å². The highest BCUT2D eigenvalue weighted by molar-refractivity contribution is 5.94. The number of aromatic nitrogens is 2. The molecule has 2 rings (SSSR count). The zero-order valence-electron chi connectivity index (χ0n) is 12.2. The van der Waals surface area contributed by atoms with Crippen LogP contribution in [-0.4, -0.2) is 20.7 Å². The van der Waals surface area contributed by atoms with Crippen molar-refractivity contribution in [3.8, 4) is 5.75 Å². The quantitative estimate of drug-likeness (QED) is 0.375. The van der Waals surface area contributed by atoms with E-state index < -0.39 is 10.9 Å². The van der Waals surface area contributed by atoms with Gasteiger partial charge in [-0.05, 0) is 38.0 Å². The van der Waals surface area contributed by atoms with Gasteiger partial charge in [-0.2, -0.15) is 5.10 Å². The van der Waals surface area contributed by atoms with Gasteiger partial charge in [-0.15, -0.1) is 0 Å². The summed E-state index contributed by atoms with van der Waals surface area (Å²) in [5, 5.41) is 15.0. The highest BCUT2D eigenvalue weighted by Crippen LogP contribution is 2.26. The molecule has 7 heteroatoms. The molecule has 0 bridgehead atoms. The van der Waals surface area contributed by atoms with Crippen LogP contribution in [0.5, 0.6) is 5.75 Å². The van der Waals surface area contributed by atoms with Crippen LogP contribution in [0.25, 0.3) is 0 Å². The number of carbonyl (C=O) groups excluding carboxylic acids is 1. The number of nitrogens with zero attached hydrogens (tertiary/aromatic N) is 3. The van der Waals surface area contributed by atoms with Crippen LogP contribution >= 0.6 is 0 Å². The summed E-state index contributed by atoms with van der Waals surface area (Å²) in [6.45, 7) is 5.19. The number of rotatable bonds is 3. The third-order valence-corrected chi connectivity index (χ3v) is 3.32. The third-order valence-electron chi connectivity index (χ3n) is 3.32. The number of esters is 1. The lowest BCUT2D eigenvalue weighted by atomic mass is 10.1. The molecule has 0 aliphatic rings. The molecule has 0 amide bonds. The summed E-state index contributed by atoms with van der Waals surface area (Å²) in [7, 11) is 1.47. The standard InChI is InChI=1S/C14H15N3O4/c1-8-6-5-7-11(9(8)2)21-14(18)13-12(17(19)20)10(3)15-16(13)4/h5-7H,1-4H3. The van der Waals surface area contributed by atoms with E-state index in [1.165, 1.54) is 18.7 Å². The highest BCUT2D eigenvalue weighted by atomic mass is 16.6. The lowest BCUT2D eigenvalue weighted by Gasteiger charge is -2.09. The Morgan fingerprint density at radius 2 is 2.00 bits per heavy atom. The van der Waals surface area contributed by atoms with Crippen molar-refractivity contribution in [1.82, 2.24) is 9.78 Å². The molecular weight excluding hydrogens is 274 g/mol. The average molecular weight is 289 g/mol. The van der Waals surface area contributed by atoms with E-state index in [-0.39, 0.29) is 17.1 Å². The molecular formula is C14H15N3O4. The van der Waals surface area contributed by atoms with E-state index in [9.17, 15) is 14.9 Å². The first-order valence-corrected chi connectivity index (χ1v) is 6.29. The Labute approximate surface area is 121 Å². The maximum absolute atomic E-state index is 12.2. The molecule has 0 unspecified atom stereocenters. The van der Waals surface area contributed by atoms with Crippen LogP contribution in [-0.2, 0) is 7.05 Å². The van der Waals surface area contributed by atoms with Crippen molar-refractivity contribution in [2.75, 3.05) is 0 Å². The molecule has 0 atom stereocenters. The Morgan fingerprint density at radius 1 is 1.33 bits per heavy atom. The van der Waals surface area contributed by atoms with E-state index in [2.05, 4.69) is 5.10 Å². The molecule has 0 N–H and O–H groups in total. The zero-order valence-corrected chi connectivity index (χ0v) is 12.2. The Kier molecular flexibility index (Phi) is 3.75. The van der Waals surface area contributed by atoms with E-state index in [1.54, 1.807) is 12.1 Å². The molecule has 0 fully saturated rings. The first-order valence-electron chi connectivity index (χ1n) is 6.29. The summed E-state index contributed by atoms with van der Waals surface area (Å²) in [5.41, 5.74) is 1.46. The smallest absolute Gasteiger partial charge is 0.369 e. The van der Waals surface area contributed by atoms with Crippen molar-refractivity contribution < 1.29 is 14.5 Å². The van der Waals surface area contributed by atoms with E-state index in [4.69, 9.17) is 4.74 Å². The van der Waals surface area contributed by atoms with Gasteiger partial charge in [0, 0.05) is 7.05 Å². The summed E-state index contributed by atoms with van der Waals surface area (Å²) in [5.74, 6) is -0.411. The zero-order chi connectivity index (χ0) is 15.7. The van der Waals surface area contributed by atoms with Crippen LogP contribution in [0, 0.1) is 30.9 Å². The number of ether oxygens (including phenoxy) is 1. The molecule has 0 saturated carbocycles. The predicted molar refractivity (Wildman–Crippen MR) is 75.5 cm³/mol. The van der Waals surface area contributed by atoms with Gasteiger partial charge in [-0.3, -0.25) is 14.8 Å². The molecule has 1 aromatic carbocycles. The monoisotopic (exact) mass is 289 g/mol. The van der Waals surface area contributed by atoms with Crippen LogP contribution in [0.15, 0.2) is 18.2 Å². The van der Waals surface area contributed by atoms with Crippen molar-refractivity contribution in [2.24, 2.45) is 7.05 Å². The van der Waals surface area contributed by atoms with Gasteiger partial charge in [0.05, 0.1) is 4.92 Å². The Balaban J connectivity index is 2.42. The molecule has 1 aromatic heterocycles. The minimum atomic E-state index is -0.793. The number of aryl methyl sites for hydroxylation is 3. The summed E-state index contributed by atoms with van der Waals surface area (Å²) in [6, 6.07) is 5.30. The van der Waals surface area contributed by atoms with Crippen molar-refractivity contribution in [3.63, 3.8) is 0 Å². The Morgan fingerprint density at radius 3 is 2.62 bits per heavy atom. The predicted octanol–water partition coefficient (Wildman–Crippen LogP) is 2.47. The summed E-state index contributed by atoms with van der Waals surface area (Å²) < 4.78 is 6.46. The maximum atomic E-state index is 12.2.